The van der Waals surface area contributed by atoms with Crippen LogP contribution in [0.5, 0.6) is 0 Å². The minimum atomic E-state index is -0.843. The molecule has 3 nitrogen and oxygen atoms in total. The molecule has 0 aliphatic heterocycles. The molecule has 1 aromatic heterocycles. The highest BCUT2D eigenvalue weighted by atomic mass is 32.1. The SMILES string of the molecule is OC(Cc1cncs1)C1(O)CCCC1. The third-order valence-corrected chi connectivity index (χ3v) is 3.77. The van der Waals surface area contributed by atoms with E-state index in [-0.39, 0.29) is 0 Å². The number of aromatic nitrogens is 1. The molecule has 1 saturated carbocycles. The summed E-state index contributed by atoms with van der Waals surface area (Å²) in [6.45, 7) is 0. The minimum absolute atomic E-state index is 0.529. The van der Waals surface area contributed by atoms with Gasteiger partial charge in [0.15, 0.2) is 0 Å². The molecule has 0 aromatic carbocycles. The van der Waals surface area contributed by atoms with Gasteiger partial charge in [-0.2, -0.15) is 0 Å². The molecular formula is C10H15NO2S. The Bertz CT molecular complexity index is 280. The van der Waals surface area contributed by atoms with Crippen molar-refractivity contribution in [2.45, 2.75) is 43.8 Å². The van der Waals surface area contributed by atoms with Crippen molar-refractivity contribution in [1.82, 2.24) is 4.98 Å². The van der Waals surface area contributed by atoms with Crippen molar-refractivity contribution in [3.63, 3.8) is 0 Å². The van der Waals surface area contributed by atoms with Crippen LogP contribution < -0.4 is 0 Å². The van der Waals surface area contributed by atoms with Crippen molar-refractivity contribution in [1.29, 1.82) is 0 Å². The first-order valence-corrected chi connectivity index (χ1v) is 5.86. The fourth-order valence-electron chi connectivity index (χ4n) is 2.04. The van der Waals surface area contributed by atoms with Crippen LogP contribution in [0, 0.1) is 0 Å². The van der Waals surface area contributed by atoms with Crippen molar-refractivity contribution in [2.75, 3.05) is 0 Å². The predicted octanol–water partition coefficient (Wildman–Crippen LogP) is 1.35. The molecule has 1 fully saturated rings. The highest BCUT2D eigenvalue weighted by molar-refractivity contribution is 7.09. The Morgan fingerprint density at radius 2 is 2.21 bits per heavy atom. The first kappa shape index (κ1) is 10.1. The fourth-order valence-corrected chi connectivity index (χ4v) is 2.68. The van der Waals surface area contributed by atoms with E-state index in [9.17, 15) is 10.2 Å². The number of thiazole rings is 1. The topological polar surface area (TPSA) is 53.4 Å². The Morgan fingerprint density at radius 3 is 2.79 bits per heavy atom. The molecule has 0 radical (unpaired) electrons. The number of hydrogen-bond acceptors (Lipinski definition) is 4. The average Bonchev–Trinajstić information content (AvgIpc) is 2.76. The number of nitrogens with zero attached hydrogens (tertiary/aromatic N) is 1. The summed E-state index contributed by atoms with van der Waals surface area (Å²) in [7, 11) is 0. The smallest absolute Gasteiger partial charge is 0.0909 e. The molecule has 0 bridgehead atoms. The van der Waals surface area contributed by atoms with Gasteiger partial charge in [-0.15, -0.1) is 11.3 Å². The fraction of sp³-hybridized carbons (Fsp3) is 0.700. The van der Waals surface area contributed by atoms with Gasteiger partial charge in [-0.3, -0.25) is 4.98 Å². The molecular weight excluding hydrogens is 198 g/mol. The summed E-state index contributed by atoms with van der Waals surface area (Å²) < 4.78 is 0. The molecule has 1 atom stereocenters. The quantitative estimate of drug-likeness (QED) is 0.797. The van der Waals surface area contributed by atoms with Gasteiger partial charge in [0.25, 0.3) is 0 Å². The predicted molar refractivity (Wildman–Crippen MR) is 55.2 cm³/mol. The van der Waals surface area contributed by atoms with Gasteiger partial charge in [-0.25, -0.2) is 0 Å². The molecule has 0 saturated heterocycles. The van der Waals surface area contributed by atoms with Gasteiger partial charge < -0.3 is 10.2 Å². The summed E-state index contributed by atoms with van der Waals surface area (Å²) >= 11 is 1.53. The Labute approximate surface area is 87.4 Å². The Kier molecular flexibility index (Phi) is 2.85. The van der Waals surface area contributed by atoms with Gasteiger partial charge in [0.1, 0.15) is 0 Å². The van der Waals surface area contributed by atoms with E-state index in [0.717, 1.165) is 30.6 Å². The van der Waals surface area contributed by atoms with Gasteiger partial charge in [-0.1, -0.05) is 12.8 Å². The Morgan fingerprint density at radius 1 is 1.50 bits per heavy atom. The second kappa shape index (κ2) is 3.96. The van der Waals surface area contributed by atoms with Gasteiger partial charge in [0, 0.05) is 17.5 Å². The summed E-state index contributed by atoms with van der Waals surface area (Å²) in [5, 5.41) is 20.0. The second-order valence-corrected chi connectivity index (χ2v) is 4.97. The van der Waals surface area contributed by atoms with Crippen LogP contribution in [0.2, 0.25) is 0 Å². The number of rotatable bonds is 3. The summed E-state index contributed by atoms with van der Waals surface area (Å²) in [6.07, 6.45) is 5.16. The lowest BCUT2D eigenvalue weighted by Crippen LogP contribution is -2.40. The Hall–Kier alpha value is -0.450. The van der Waals surface area contributed by atoms with Crippen LogP contribution in [0.3, 0.4) is 0 Å². The van der Waals surface area contributed by atoms with E-state index in [4.69, 9.17) is 0 Å². The molecule has 4 heteroatoms. The highest BCUT2D eigenvalue weighted by Crippen LogP contribution is 2.33. The zero-order valence-corrected chi connectivity index (χ0v) is 8.83. The largest absolute Gasteiger partial charge is 0.390 e. The van der Waals surface area contributed by atoms with Crippen LogP contribution in [0.15, 0.2) is 11.7 Å². The van der Waals surface area contributed by atoms with E-state index in [1.165, 1.54) is 11.3 Å². The Balaban J connectivity index is 1.98. The molecule has 14 heavy (non-hydrogen) atoms. The summed E-state index contributed by atoms with van der Waals surface area (Å²) in [4.78, 5) is 4.99. The van der Waals surface area contributed by atoms with E-state index >= 15 is 0 Å². The molecule has 2 N–H and O–H groups in total. The lowest BCUT2D eigenvalue weighted by atomic mass is 9.92. The van der Waals surface area contributed by atoms with Crippen molar-refractivity contribution < 1.29 is 10.2 Å². The summed E-state index contributed by atoms with van der Waals surface area (Å²) in [6, 6.07) is 0. The van der Waals surface area contributed by atoms with Crippen molar-refractivity contribution in [3.05, 3.63) is 16.6 Å². The number of hydrogen-bond donors (Lipinski definition) is 2. The van der Waals surface area contributed by atoms with E-state index < -0.39 is 11.7 Å². The third kappa shape index (κ3) is 1.97. The third-order valence-electron chi connectivity index (χ3n) is 2.97. The average molecular weight is 213 g/mol. The standard InChI is InChI=1S/C10H15NO2S/c12-9(5-8-6-11-7-14-8)10(13)3-1-2-4-10/h6-7,9,12-13H,1-5H2. The normalized spacial score (nSPS) is 22.4. The highest BCUT2D eigenvalue weighted by Gasteiger charge is 2.38. The first-order valence-electron chi connectivity index (χ1n) is 4.98. The molecule has 1 aliphatic rings. The van der Waals surface area contributed by atoms with Gasteiger partial charge in [0.05, 0.1) is 17.2 Å². The van der Waals surface area contributed by atoms with Crippen LogP contribution in [0.1, 0.15) is 30.6 Å². The molecule has 2 rings (SSSR count). The minimum Gasteiger partial charge on any atom is -0.390 e. The maximum atomic E-state index is 10.1. The first-order chi connectivity index (χ1) is 6.71. The maximum absolute atomic E-state index is 10.1. The monoisotopic (exact) mass is 213 g/mol. The molecule has 0 amide bonds. The summed E-state index contributed by atoms with van der Waals surface area (Å²) in [5.74, 6) is 0. The molecule has 1 aromatic rings. The zero-order chi connectivity index (χ0) is 10.0. The second-order valence-electron chi connectivity index (χ2n) is 4.00. The molecule has 0 spiro atoms. The van der Waals surface area contributed by atoms with Crippen LogP contribution >= 0.6 is 11.3 Å². The maximum Gasteiger partial charge on any atom is 0.0909 e. The van der Waals surface area contributed by atoms with E-state index in [0.29, 0.717) is 6.42 Å². The molecule has 78 valence electrons. The zero-order valence-electron chi connectivity index (χ0n) is 8.02. The number of aliphatic hydroxyl groups is 2. The molecule has 1 heterocycles. The van der Waals surface area contributed by atoms with Gasteiger partial charge >= 0.3 is 0 Å². The molecule has 1 aliphatic carbocycles. The van der Waals surface area contributed by atoms with E-state index in [1.807, 2.05) is 0 Å². The van der Waals surface area contributed by atoms with Crippen molar-refractivity contribution >= 4 is 11.3 Å². The van der Waals surface area contributed by atoms with E-state index in [1.54, 1.807) is 11.7 Å². The lowest BCUT2D eigenvalue weighted by molar-refractivity contribution is -0.0686. The lowest BCUT2D eigenvalue weighted by Gasteiger charge is -2.27. The van der Waals surface area contributed by atoms with Crippen molar-refractivity contribution in [2.24, 2.45) is 0 Å². The van der Waals surface area contributed by atoms with E-state index in [2.05, 4.69) is 4.98 Å². The van der Waals surface area contributed by atoms with Gasteiger partial charge in [-0.05, 0) is 12.8 Å². The molecule has 1 unspecified atom stereocenters. The van der Waals surface area contributed by atoms with Crippen molar-refractivity contribution in [3.8, 4) is 0 Å². The number of aliphatic hydroxyl groups excluding tert-OH is 1. The van der Waals surface area contributed by atoms with Crippen LogP contribution in [-0.2, 0) is 6.42 Å². The van der Waals surface area contributed by atoms with Crippen LogP contribution in [-0.4, -0.2) is 26.9 Å². The van der Waals surface area contributed by atoms with Gasteiger partial charge in [0.2, 0.25) is 0 Å². The summed E-state index contributed by atoms with van der Waals surface area (Å²) in [5.41, 5.74) is 0.907. The van der Waals surface area contributed by atoms with Crippen LogP contribution in [0.25, 0.3) is 0 Å². The van der Waals surface area contributed by atoms with Crippen LogP contribution in [0.4, 0.5) is 0 Å².